The highest BCUT2D eigenvalue weighted by atomic mass is 16.7. The van der Waals surface area contributed by atoms with Gasteiger partial charge in [-0.15, -0.1) is 0 Å². The Labute approximate surface area is 174 Å². The van der Waals surface area contributed by atoms with Crippen molar-refractivity contribution < 1.29 is 39.5 Å². The average molecular weight is 423 g/mol. The van der Waals surface area contributed by atoms with Crippen LogP contribution in [-0.4, -0.2) is 87.9 Å². The number of nitrogens with zero attached hydrogens (tertiary/aromatic N) is 1. The van der Waals surface area contributed by atoms with Crippen LogP contribution < -0.4 is 4.74 Å². The second kappa shape index (κ2) is 8.99. The van der Waals surface area contributed by atoms with E-state index in [2.05, 4.69) is 4.90 Å². The molecule has 0 bridgehead atoms. The highest BCUT2D eigenvalue weighted by Gasteiger charge is 2.48. The average Bonchev–Trinajstić information content (AvgIpc) is 2.74. The number of aliphatic carboxylic acids is 1. The Morgan fingerprint density at radius 3 is 2.43 bits per heavy atom. The monoisotopic (exact) mass is 423 g/mol. The minimum absolute atomic E-state index is 0.145. The minimum Gasteiger partial charge on any atom is -0.479 e. The van der Waals surface area contributed by atoms with Crippen LogP contribution >= 0.6 is 0 Å². The Kier molecular flexibility index (Phi) is 6.78. The summed E-state index contributed by atoms with van der Waals surface area (Å²) in [5.41, 5.74) is 0.159. The second-order valence-corrected chi connectivity index (χ2v) is 8.04. The molecule has 0 radical (unpaired) electrons. The minimum atomic E-state index is -1.78. The number of carboxylic acids is 1. The number of ketones is 1. The third-order valence-corrected chi connectivity index (χ3v) is 6.15. The SMILES string of the molecule is CCC(=O)C1(c2cccc(OC3OC(C(=O)O)C(O)C(O)C3O)c2)CCN(C)CC1. The van der Waals surface area contributed by atoms with Crippen LogP contribution in [0.15, 0.2) is 24.3 Å². The van der Waals surface area contributed by atoms with Gasteiger partial charge >= 0.3 is 5.97 Å². The molecule has 1 aromatic carbocycles. The van der Waals surface area contributed by atoms with Gasteiger partial charge in [0.1, 0.15) is 29.8 Å². The molecule has 0 aromatic heterocycles. The number of carbonyl (C=O) groups is 2. The van der Waals surface area contributed by atoms with Crippen molar-refractivity contribution in [2.75, 3.05) is 20.1 Å². The maximum absolute atomic E-state index is 12.9. The molecule has 2 fully saturated rings. The van der Waals surface area contributed by atoms with Gasteiger partial charge in [-0.1, -0.05) is 19.1 Å². The number of Topliss-reactive ketones (excluding diaryl/α,β-unsaturated/α-hetero) is 1. The molecule has 2 aliphatic rings. The van der Waals surface area contributed by atoms with Crippen molar-refractivity contribution in [2.45, 2.75) is 62.3 Å². The molecule has 1 aromatic rings. The molecule has 2 heterocycles. The van der Waals surface area contributed by atoms with Crippen molar-refractivity contribution in [3.63, 3.8) is 0 Å². The second-order valence-electron chi connectivity index (χ2n) is 8.04. The number of hydrogen-bond acceptors (Lipinski definition) is 8. The summed E-state index contributed by atoms with van der Waals surface area (Å²) in [5.74, 6) is -1.06. The summed E-state index contributed by atoms with van der Waals surface area (Å²) in [6.45, 7) is 3.41. The molecule has 166 valence electrons. The zero-order valence-electron chi connectivity index (χ0n) is 17.1. The lowest BCUT2D eigenvalue weighted by atomic mass is 9.69. The van der Waals surface area contributed by atoms with Crippen molar-refractivity contribution in [2.24, 2.45) is 0 Å². The normalized spacial score (nSPS) is 31.8. The van der Waals surface area contributed by atoms with Crippen LogP contribution in [0.1, 0.15) is 31.7 Å². The number of ether oxygens (including phenoxy) is 2. The third kappa shape index (κ3) is 4.21. The summed E-state index contributed by atoms with van der Waals surface area (Å²) in [4.78, 5) is 26.3. The van der Waals surface area contributed by atoms with Crippen LogP contribution in [-0.2, 0) is 19.7 Å². The van der Waals surface area contributed by atoms with Crippen molar-refractivity contribution >= 4 is 11.8 Å². The predicted molar refractivity (Wildman–Crippen MR) is 105 cm³/mol. The van der Waals surface area contributed by atoms with Crippen molar-refractivity contribution in [3.05, 3.63) is 29.8 Å². The smallest absolute Gasteiger partial charge is 0.335 e. The van der Waals surface area contributed by atoms with Gasteiger partial charge in [-0.3, -0.25) is 4.79 Å². The van der Waals surface area contributed by atoms with Crippen LogP contribution in [0.3, 0.4) is 0 Å². The lowest BCUT2D eigenvalue weighted by Gasteiger charge is -2.40. The Morgan fingerprint density at radius 1 is 1.17 bits per heavy atom. The Bertz CT molecular complexity index is 776. The van der Waals surface area contributed by atoms with Crippen molar-refractivity contribution in [1.29, 1.82) is 0 Å². The van der Waals surface area contributed by atoms with E-state index < -0.39 is 42.1 Å². The van der Waals surface area contributed by atoms with E-state index in [1.54, 1.807) is 18.2 Å². The van der Waals surface area contributed by atoms with Crippen LogP contribution in [0.25, 0.3) is 0 Å². The number of piperidine rings is 1. The summed E-state index contributed by atoms with van der Waals surface area (Å²) in [6, 6.07) is 6.89. The van der Waals surface area contributed by atoms with Crippen molar-refractivity contribution in [1.82, 2.24) is 4.90 Å². The Hall–Kier alpha value is -2.04. The van der Waals surface area contributed by atoms with Gasteiger partial charge in [0, 0.05) is 6.42 Å². The van der Waals surface area contributed by atoms with Crippen LogP contribution in [0.2, 0.25) is 0 Å². The number of benzene rings is 1. The van der Waals surface area contributed by atoms with Gasteiger partial charge in [-0.25, -0.2) is 4.79 Å². The molecule has 4 N–H and O–H groups in total. The quantitative estimate of drug-likeness (QED) is 0.494. The molecule has 0 spiro atoms. The largest absolute Gasteiger partial charge is 0.479 e. The van der Waals surface area contributed by atoms with E-state index in [-0.39, 0.29) is 11.5 Å². The highest BCUT2D eigenvalue weighted by molar-refractivity contribution is 5.90. The predicted octanol–water partition coefficient (Wildman–Crippen LogP) is -0.0999. The molecule has 9 heteroatoms. The molecule has 2 aliphatic heterocycles. The molecule has 9 nitrogen and oxygen atoms in total. The standard InChI is InChI=1S/C21H29NO8/c1-3-14(23)21(7-9-22(2)10-8-21)12-5-4-6-13(11-12)29-20-17(26)15(24)16(25)18(30-20)19(27)28/h4-6,11,15-18,20,24-26H,3,7-10H2,1-2H3,(H,27,28). The first-order valence-corrected chi connectivity index (χ1v) is 10.1. The van der Waals surface area contributed by atoms with E-state index in [4.69, 9.17) is 9.47 Å². The van der Waals surface area contributed by atoms with Gasteiger partial charge in [-0.05, 0) is 50.7 Å². The maximum Gasteiger partial charge on any atom is 0.335 e. The first kappa shape index (κ1) is 22.6. The Morgan fingerprint density at radius 2 is 1.83 bits per heavy atom. The zero-order chi connectivity index (χ0) is 22.1. The molecule has 0 saturated carbocycles. The lowest BCUT2D eigenvalue weighted by Crippen LogP contribution is -2.61. The van der Waals surface area contributed by atoms with Gasteiger partial charge < -0.3 is 34.8 Å². The number of hydrogen-bond donors (Lipinski definition) is 4. The first-order chi connectivity index (χ1) is 14.2. The van der Waals surface area contributed by atoms with Gasteiger partial charge in [0.2, 0.25) is 6.29 Å². The highest BCUT2D eigenvalue weighted by Crippen LogP contribution is 2.39. The first-order valence-electron chi connectivity index (χ1n) is 10.1. The number of rotatable bonds is 6. The van der Waals surface area contributed by atoms with Crippen LogP contribution in [0.4, 0.5) is 0 Å². The van der Waals surface area contributed by atoms with Crippen LogP contribution in [0.5, 0.6) is 5.75 Å². The summed E-state index contributed by atoms with van der Waals surface area (Å²) >= 11 is 0. The molecule has 0 aliphatic carbocycles. The van der Waals surface area contributed by atoms with Gasteiger partial charge in [0.15, 0.2) is 6.10 Å². The topological polar surface area (TPSA) is 137 Å². The molecule has 5 atom stereocenters. The summed E-state index contributed by atoms with van der Waals surface area (Å²) in [5, 5.41) is 39.1. The maximum atomic E-state index is 12.9. The fraction of sp³-hybridized carbons (Fsp3) is 0.619. The molecule has 5 unspecified atom stereocenters. The molecular weight excluding hydrogens is 394 g/mol. The number of carbonyl (C=O) groups excluding carboxylic acids is 1. The number of aliphatic hydroxyl groups excluding tert-OH is 3. The molecule has 30 heavy (non-hydrogen) atoms. The van der Waals surface area contributed by atoms with Crippen molar-refractivity contribution in [3.8, 4) is 5.75 Å². The summed E-state index contributed by atoms with van der Waals surface area (Å²) < 4.78 is 10.8. The van der Waals surface area contributed by atoms with E-state index in [0.29, 0.717) is 19.3 Å². The number of carboxylic acid groups (broad SMARTS) is 1. The fourth-order valence-corrected chi connectivity index (χ4v) is 4.22. The molecular formula is C21H29NO8. The van der Waals surface area contributed by atoms with E-state index >= 15 is 0 Å². The van der Waals surface area contributed by atoms with Gasteiger partial charge in [-0.2, -0.15) is 0 Å². The van der Waals surface area contributed by atoms with E-state index in [1.165, 1.54) is 0 Å². The van der Waals surface area contributed by atoms with Gasteiger partial charge in [0.05, 0.1) is 5.41 Å². The van der Waals surface area contributed by atoms with E-state index in [0.717, 1.165) is 18.7 Å². The van der Waals surface area contributed by atoms with E-state index in [9.17, 15) is 30.0 Å². The molecule has 3 rings (SSSR count). The summed E-state index contributed by atoms with van der Waals surface area (Å²) in [6.07, 6.45) is -6.64. The van der Waals surface area contributed by atoms with Gasteiger partial charge in [0.25, 0.3) is 0 Å². The third-order valence-electron chi connectivity index (χ3n) is 6.15. The lowest BCUT2D eigenvalue weighted by molar-refractivity contribution is -0.271. The fourth-order valence-electron chi connectivity index (χ4n) is 4.22. The van der Waals surface area contributed by atoms with E-state index in [1.807, 2.05) is 20.0 Å². The molecule has 2 saturated heterocycles. The number of aliphatic hydroxyl groups is 3. The van der Waals surface area contributed by atoms with Crippen LogP contribution in [0, 0.1) is 0 Å². The number of likely N-dealkylation sites (tertiary alicyclic amines) is 1. The zero-order valence-corrected chi connectivity index (χ0v) is 17.1. The summed E-state index contributed by atoms with van der Waals surface area (Å²) in [7, 11) is 2.01. The Balaban J connectivity index is 1.86. The molecule has 0 amide bonds.